The van der Waals surface area contributed by atoms with Gasteiger partial charge in [-0.2, -0.15) is 13.2 Å². The number of guanidine groups is 1. The average molecular weight is 554 g/mol. The second-order valence-electron chi connectivity index (χ2n) is 8.23. The number of rotatable bonds is 8. The van der Waals surface area contributed by atoms with Gasteiger partial charge >= 0.3 is 6.18 Å². The van der Waals surface area contributed by atoms with Crippen LogP contribution in [0.25, 0.3) is 0 Å². The fourth-order valence-corrected chi connectivity index (χ4v) is 4.16. The Bertz CT molecular complexity index is 704. The molecule has 1 saturated heterocycles. The molecule has 0 amide bonds. The van der Waals surface area contributed by atoms with E-state index in [4.69, 9.17) is 4.74 Å². The van der Waals surface area contributed by atoms with Gasteiger partial charge in [0.15, 0.2) is 5.96 Å². The van der Waals surface area contributed by atoms with E-state index in [1.54, 1.807) is 7.05 Å². The summed E-state index contributed by atoms with van der Waals surface area (Å²) in [5.74, 6) is 0.708. The van der Waals surface area contributed by atoms with Gasteiger partial charge < -0.3 is 15.4 Å². The summed E-state index contributed by atoms with van der Waals surface area (Å²) < 4.78 is 44.7. The number of nitrogens with one attached hydrogen (secondary N) is 2. The van der Waals surface area contributed by atoms with Gasteiger partial charge in [0.2, 0.25) is 0 Å². The van der Waals surface area contributed by atoms with Crippen molar-refractivity contribution in [1.82, 2.24) is 15.5 Å². The maximum Gasteiger partial charge on any atom is 0.416 e. The Kier molecular flexibility index (Phi) is 10.3. The molecular formula is C22H34F3IN4O. The molecule has 0 spiro atoms. The molecule has 31 heavy (non-hydrogen) atoms. The monoisotopic (exact) mass is 554 g/mol. The molecule has 1 aliphatic heterocycles. The second kappa shape index (κ2) is 12.2. The lowest BCUT2D eigenvalue weighted by Crippen LogP contribution is -2.49. The van der Waals surface area contributed by atoms with E-state index < -0.39 is 11.7 Å². The van der Waals surface area contributed by atoms with Gasteiger partial charge in [-0.05, 0) is 43.9 Å². The molecular weight excluding hydrogens is 520 g/mol. The minimum absolute atomic E-state index is 0. The Morgan fingerprint density at radius 2 is 1.90 bits per heavy atom. The molecule has 3 rings (SSSR count). The summed E-state index contributed by atoms with van der Waals surface area (Å²) in [6.07, 6.45) is 0.642. The molecule has 0 unspecified atom stereocenters. The van der Waals surface area contributed by atoms with Crippen molar-refractivity contribution in [1.29, 1.82) is 0 Å². The van der Waals surface area contributed by atoms with Crippen molar-refractivity contribution in [3.63, 3.8) is 0 Å². The molecule has 2 fully saturated rings. The van der Waals surface area contributed by atoms with Gasteiger partial charge in [-0.3, -0.25) is 9.89 Å². The smallest absolute Gasteiger partial charge is 0.379 e. The molecule has 176 valence electrons. The van der Waals surface area contributed by atoms with Gasteiger partial charge in [0, 0.05) is 38.6 Å². The topological polar surface area (TPSA) is 48.9 Å². The van der Waals surface area contributed by atoms with Gasteiger partial charge in [-0.25, -0.2) is 0 Å². The van der Waals surface area contributed by atoms with Crippen molar-refractivity contribution < 1.29 is 17.9 Å². The summed E-state index contributed by atoms with van der Waals surface area (Å²) in [6, 6.07) is 5.78. The van der Waals surface area contributed by atoms with E-state index in [1.807, 2.05) is 6.07 Å². The number of nitrogens with zero attached hydrogens (tertiary/aromatic N) is 2. The van der Waals surface area contributed by atoms with E-state index in [1.165, 1.54) is 12.1 Å². The third-order valence-electron chi connectivity index (χ3n) is 6.23. The lowest BCUT2D eigenvalue weighted by molar-refractivity contribution is -0.137. The van der Waals surface area contributed by atoms with Crippen LogP contribution in [0.4, 0.5) is 13.2 Å². The maximum absolute atomic E-state index is 13.1. The van der Waals surface area contributed by atoms with Crippen LogP contribution in [0.15, 0.2) is 29.3 Å². The first-order chi connectivity index (χ1) is 14.4. The molecule has 5 nitrogen and oxygen atoms in total. The van der Waals surface area contributed by atoms with Crippen LogP contribution in [0.5, 0.6) is 0 Å². The van der Waals surface area contributed by atoms with Crippen LogP contribution in [-0.2, 0) is 16.3 Å². The lowest BCUT2D eigenvalue weighted by Gasteiger charge is -2.43. The zero-order valence-electron chi connectivity index (χ0n) is 18.1. The Morgan fingerprint density at radius 1 is 1.16 bits per heavy atom. The Balaban J connectivity index is 0.00000341. The molecule has 2 aliphatic rings. The largest absolute Gasteiger partial charge is 0.416 e. The molecule has 0 bridgehead atoms. The summed E-state index contributed by atoms with van der Waals surface area (Å²) in [7, 11) is 1.72. The zero-order chi connectivity index (χ0) is 21.5. The van der Waals surface area contributed by atoms with Crippen LogP contribution in [-0.4, -0.2) is 63.8 Å². The number of hydrogen-bond donors (Lipinski definition) is 2. The SMILES string of the molecule is CN=C(NCCCCN1CCOCC1)NCC1(c2cccc(C(F)(F)F)c2)CCC1.I. The van der Waals surface area contributed by atoms with Crippen molar-refractivity contribution in [3.05, 3.63) is 35.4 Å². The van der Waals surface area contributed by atoms with Crippen LogP contribution in [0.2, 0.25) is 0 Å². The fraction of sp³-hybridized carbons (Fsp3) is 0.682. The number of unbranched alkanes of at least 4 members (excludes halogenated alkanes) is 1. The number of aliphatic imine (C=N–C) groups is 1. The van der Waals surface area contributed by atoms with E-state index in [0.29, 0.717) is 12.5 Å². The average Bonchev–Trinajstić information content (AvgIpc) is 2.71. The normalized spacial score (nSPS) is 19.3. The van der Waals surface area contributed by atoms with Crippen LogP contribution in [0.3, 0.4) is 0 Å². The predicted molar refractivity (Wildman–Crippen MR) is 128 cm³/mol. The van der Waals surface area contributed by atoms with E-state index >= 15 is 0 Å². The highest BCUT2D eigenvalue weighted by Crippen LogP contribution is 2.44. The fourth-order valence-electron chi connectivity index (χ4n) is 4.16. The highest BCUT2D eigenvalue weighted by molar-refractivity contribution is 14.0. The molecule has 9 heteroatoms. The Hall–Kier alpha value is -1.07. The molecule has 1 aromatic rings. The second-order valence-corrected chi connectivity index (χ2v) is 8.23. The van der Waals surface area contributed by atoms with Crippen molar-refractivity contribution in [2.45, 2.75) is 43.7 Å². The molecule has 0 atom stereocenters. The zero-order valence-corrected chi connectivity index (χ0v) is 20.5. The van der Waals surface area contributed by atoms with Crippen LogP contribution < -0.4 is 10.6 Å². The highest BCUT2D eigenvalue weighted by Gasteiger charge is 2.40. The van der Waals surface area contributed by atoms with Gasteiger partial charge in [-0.15, -0.1) is 24.0 Å². The molecule has 0 aromatic heterocycles. The summed E-state index contributed by atoms with van der Waals surface area (Å²) >= 11 is 0. The number of benzene rings is 1. The van der Waals surface area contributed by atoms with Crippen molar-refractivity contribution in [2.24, 2.45) is 4.99 Å². The summed E-state index contributed by atoms with van der Waals surface area (Å²) in [5, 5.41) is 6.67. The van der Waals surface area contributed by atoms with Crippen LogP contribution in [0, 0.1) is 0 Å². The van der Waals surface area contributed by atoms with E-state index in [-0.39, 0.29) is 29.4 Å². The molecule has 1 aliphatic carbocycles. The number of morpholine rings is 1. The number of hydrogen-bond acceptors (Lipinski definition) is 3. The molecule has 0 radical (unpaired) electrons. The number of ether oxygens (including phenoxy) is 1. The molecule has 2 N–H and O–H groups in total. The summed E-state index contributed by atoms with van der Waals surface area (Å²) in [4.78, 5) is 6.70. The number of alkyl halides is 3. The minimum atomic E-state index is -4.31. The van der Waals surface area contributed by atoms with Crippen molar-refractivity contribution in [3.8, 4) is 0 Å². The molecule has 1 heterocycles. The first kappa shape index (κ1) is 26.2. The summed E-state index contributed by atoms with van der Waals surface area (Å²) in [5.41, 5.74) is -0.0686. The quantitative estimate of drug-likeness (QED) is 0.221. The maximum atomic E-state index is 13.1. The van der Waals surface area contributed by atoms with Gasteiger partial charge in [0.05, 0.1) is 18.8 Å². The van der Waals surface area contributed by atoms with Crippen molar-refractivity contribution >= 4 is 29.9 Å². The van der Waals surface area contributed by atoms with E-state index in [2.05, 4.69) is 20.5 Å². The predicted octanol–water partition coefficient (Wildman–Crippen LogP) is 4.02. The van der Waals surface area contributed by atoms with Gasteiger partial charge in [-0.1, -0.05) is 24.6 Å². The Morgan fingerprint density at radius 3 is 2.52 bits per heavy atom. The first-order valence-electron chi connectivity index (χ1n) is 10.9. The standard InChI is InChI=1S/C22H33F3N4O.HI/c1-26-20(27-10-2-3-11-29-12-14-30-15-13-29)28-17-21(8-5-9-21)18-6-4-7-19(16-18)22(23,24)25;/h4,6-7,16H,2-3,5,8-15,17H2,1H3,(H2,26,27,28);1H. The third-order valence-corrected chi connectivity index (χ3v) is 6.23. The molecule has 1 saturated carbocycles. The van der Waals surface area contributed by atoms with Crippen LogP contribution in [0.1, 0.15) is 43.2 Å². The lowest BCUT2D eigenvalue weighted by atomic mass is 9.64. The highest BCUT2D eigenvalue weighted by atomic mass is 127. The minimum Gasteiger partial charge on any atom is -0.379 e. The van der Waals surface area contributed by atoms with Gasteiger partial charge in [0.25, 0.3) is 0 Å². The third kappa shape index (κ3) is 7.49. The molecule has 1 aromatic carbocycles. The Labute approximate surface area is 200 Å². The number of halogens is 4. The van der Waals surface area contributed by atoms with E-state index in [9.17, 15) is 13.2 Å². The van der Waals surface area contributed by atoms with Crippen molar-refractivity contribution in [2.75, 3.05) is 53.0 Å². The van der Waals surface area contributed by atoms with E-state index in [0.717, 1.165) is 83.1 Å². The summed E-state index contributed by atoms with van der Waals surface area (Å²) in [6.45, 7) is 6.14. The van der Waals surface area contributed by atoms with Crippen LogP contribution >= 0.6 is 24.0 Å². The first-order valence-corrected chi connectivity index (χ1v) is 10.9. The van der Waals surface area contributed by atoms with Gasteiger partial charge in [0.1, 0.15) is 0 Å².